The lowest BCUT2D eigenvalue weighted by Gasteiger charge is -2.24. The van der Waals surface area contributed by atoms with E-state index in [0.717, 1.165) is 31.2 Å². The van der Waals surface area contributed by atoms with Gasteiger partial charge in [-0.1, -0.05) is 19.0 Å². The van der Waals surface area contributed by atoms with Crippen molar-refractivity contribution in [3.8, 4) is 0 Å². The first-order valence-electron chi connectivity index (χ1n) is 7.70. The molecule has 0 saturated carbocycles. The highest BCUT2D eigenvalue weighted by molar-refractivity contribution is 5.79. The molecule has 0 atom stereocenters. The molecule has 7 heteroatoms. The number of hydrogen-bond acceptors (Lipinski definition) is 5. The fourth-order valence-electron chi connectivity index (χ4n) is 1.64. The second-order valence-corrected chi connectivity index (χ2v) is 6.12. The van der Waals surface area contributed by atoms with Gasteiger partial charge in [0.1, 0.15) is 0 Å². The number of ether oxygens (including phenoxy) is 1. The Bertz CT molecular complexity index is 468. The van der Waals surface area contributed by atoms with Gasteiger partial charge in [0.15, 0.2) is 11.8 Å². The molecule has 0 unspecified atom stereocenters. The Morgan fingerprint density at radius 1 is 1.36 bits per heavy atom. The van der Waals surface area contributed by atoms with Crippen molar-refractivity contribution in [3.05, 3.63) is 11.7 Å². The van der Waals surface area contributed by atoms with Crippen LogP contribution in [-0.2, 0) is 11.2 Å². The van der Waals surface area contributed by atoms with Crippen LogP contribution in [-0.4, -0.2) is 48.9 Å². The summed E-state index contributed by atoms with van der Waals surface area (Å²) in [5, 5.41) is 10.5. The minimum Gasteiger partial charge on any atom is -0.377 e. The quantitative estimate of drug-likeness (QED) is 0.432. The van der Waals surface area contributed by atoms with Crippen molar-refractivity contribution in [2.45, 2.75) is 52.1 Å². The van der Waals surface area contributed by atoms with Crippen LogP contribution in [0, 0.1) is 0 Å². The molecule has 1 aromatic rings. The van der Waals surface area contributed by atoms with Gasteiger partial charge in [0.05, 0.1) is 5.60 Å². The van der Waals surface area contributed by atoms with Crippen LogP contribution in [0.2, 0.25) is 0 Å². The largest absolute Gasteiger partial charge is 0.377 e. The van der Waals surface area contributed by atoms with Gasteiger partial charge in [-0.2, -0.15) is 4.98 Å². The monoisotopic (exact) mass is 311 g/mol. The Hall–Kier alpha value is -1.63. The van der Waals surface area contributed by atoms with E-state index in [-0.39, 0.29) is 5.60 Å². The molecule has 0 fully saturated rings. The molecule has 1 rings (SSSR count). The number of nitrogens with zero attached hydrogens (tertiary/aromatic N) is 3. The Morgan fingerprint density at radius 2 is 2.09 bits per heavy atom. The minimum atomic E-state index is -0.228. The van der Waals surface area contributed by atoms with E-state index in [1.54, 1.807) is 14.2 Å². The highest BCUT2D eigenvalue weighted by Crippen LogP contribution is 2.10. The molecule has 1 heterocycles. The predicted octanol–water partition coefficient (Wildman–Crippen LogP) is 1.72. The van der Waals surface area contributed by atoms with Crippen LogP contribution in [0.1, 0.15) is 51.7 Å². The van der Waals surface area contributed by atoms with Crippen molar-refractivity contribution < 1.29 is 9.26 Å². The molecule has 0 aromatic carbocycles. The Kier molecular flexibility index (Phi) is 7.31. The minimum absolute atomic E-state index is 0.228. The summed E-state index contributed by atoms with van der Waals surface area (Å²) in [7, 11) is 3.45. The molecule has 126 valence electrons. The van der Waals surface area contributed by atoms with Crippen LogP contribution in [0.3, 0.4) is 0 Å². The number of rotatable bonds is 8. The molecule has 0 aliphatic carbocycles. The lowest BCUT2D eigenvalue weighted by Crippen LogP contribution is -2.45. The topological polar surface area (TPSA) is 84.6 Å². The lowest BCUT2D eigenvalue weighted by molar-refractivity contribution is 0.0268. The summed E-state index contributed by atoms with van der Waals surface area (Å²) < 4.78 is 10.6. The smallest absolute Gasteiger partial charge is 0.226 e. The maximum Gasteiger partial charge on any atom is 0.226 e. The fourth-order valence-corrected chi connectivity index (χ4v) is 1.64. The average molecular weight is 311 g/mol. The summed E-state index contributed by atoms with van der Waals surface area (Å²) in [5.74, 6) is 2.51. The first-order chi connectivity index (χ1) is 10.4. The Morgan fingerprint density at radius 3 is 2.64 bits per heavy atom. The molecule has 7 nitrogen and oxygen atoms in total. The molecule has 2 N–H and O–H groups in total. The Labute approximate surface area is 132 Å². The van der Waals surface area contributed by atoms with Crippen molar-refractivity contribution in [1.29, 1.82) is 0 Å². The normalized spacial score (nSPS) is 12.8. The van der Waals surface area contributed by atoms with Gasteiger partial charge in [-0.3, -0.25) is 4.99 Å². The maximum absolute atomic E-state index is 5.36. The van der Waals surface area contributed by atoms with Crippen LogP contribution in [0.15, 0.2) is 9.52 Å². The van der Waals surface area contributed by atoms with E-state index >= 15 is 0 Å². The van der Waals surface area contributed by atoms with Crippen LogP contribution < -0.4 is 10.6 Å². The molecule has 0 amide bonds. The molecule has 1 aromatic heterocycles. The molecular formula is C15H29N5O2. The highest BCUT2D eigenvalue weighted by Gasteiger charge is 2.16. The third kappa shape index (κ3) is 6.43. The summed E-state index contributed by atoms with van der Waals surface area (Å²) in [4.78, 5) is 8.54. The number of guanidine groups is 1. The summed E-state index contributed by atoms with van der Waals surface area (Å²) in [6.45, 7) is 9.61. The fraction of sp³-hybridized carbons (Fsp3) is 0.800. The van der Waals surface area contributed by atoms with Gasteiger partial charge in [0, 0.05) is 39.6 Å². The summed E-state index contributed by atoms with van der Waals surface area (Å²) >= 11 is 0. The SMILES string of the molecule is CN=C(NCCCc1nc(C(C)C)no1)NCC(C)(C)OC. The number of nitrogens with one attached hydrogen (secondary N) is 2. The maximum atomic E-state index is 5.36. The van der Waals surface area contributed by atoms with Gasteiger partial charge < -0.3 is 19.9 Å². The molecule has 0 aliphatic rings. The van der Waals surface area contributed by atoms with E-state index in [1.165, 1.54) is 0 Å². The van der Waals surface area contributed by atoms with Crippen LogP contribution in [0.5, 0.6) is 0 Å². The average Bonchev–Trinajstić information content (AvgIpc) is 2.95. The zero-order chi connectivity index (χ0) is 16.6. The first-order valence-corrected chi connectivity index (χ1v) is 7.70. The van der Waals surface area contributed by atoms with Gasteiger partial charge in [-0.15, -0.1) is 0 Å². The van der Waals surface area contributed by atoms with Gasteiger partial charge in [0.25, 0.3) is 0 Å². The lowest BCUT2D eigenvalue weighted by atomic mass is 10.1. The standard InChI is InChI=1S/C15H29N5O2/c1-11(2)13-19-12(22-20-13)8-7-9-17-14(16-5)18-10-15(3,4)21-6/h11H,7-10H2,1-6H3,(H2,16,17,18). The number of aromatic nitrogens is 2. The van der Waals surface area contributed by atoms with Crippen molar-refractivity contribution in [3.63, 3.8) is 0 Å². The predicted molar refractivity (Wildman–Crippen MR) is 87.2 cm³/mol. The van der Waals surface area contributed by atoms with E-state index in [1.807, 2.05) is 27.7 Å². The number of aliphatic imine (C=N–C) groups is 1. The summed E-state index contributed by atoms with van der Waals surface area (Å²) in [5.41, 5.74) is -0.228. The second-order valence-electron chi connectivity index (χ2n) is 6.12. The molecule has 0 bridgehead atoms. The highest BCUT2D eigenvalue weighted by atomic mass is 16.5. The van der Waals surface area contributed by atoms with Crippen LogP contribution >= 0.6 is 0 Å². The molecule has 0 aliphatic heterocycles. The van der Waals surface area contributed by atoms with Gasteiger partial charge in [0.2, 0.25) is 5.89 Å². The third-order valence-electron chi connectivity index (χ3n) is 3.32. The number of methoxy groups -OCH3 is 1. The number of hydrogen-bond donors (Lipinski definition) is 2. The molecule has 0 spiro atoms. The van der Waals surface area contributed by atoms with Crippen molar-refractivity contribution in [2.24, 2.45) is 4.99 Å². The van der Waals surface area contributed by atoms with E-state index < -0.39 is 0 Å². The van der Waals surface area contributed by atoms with E-state index in [2.05, 4.69) is 25.8 Å². The zero-order valence-corrected chi connectivity index (χ0v) is 14.6. The molecular weight excluding hydrogens is 282 g/mol. The number of aryl methyl sites for hydroxylation is 1. The third-order valence-corrected chi connectivity index (χ3v) is 3.32. The van der Waals surface area contributed by atoms with Crippen LogP contribution in [0.25, 0.3) is 0 Å². The summed E-state index contributed by atoms with van der Waals surface area (Å²) in [6, 6.07) is 0. The van der Waals surface area contributed by atoms with E-state index in [4.69, 9.17) is 9.26 Å². The first kappa shape index (κ1) is 18.4. The molecule has 22 heavy (non-hydrogen) atoms. The second kappa shape index (κ2) is 8.73. The van der Waals surface area contributed by atoms with Gasteiger partial charge >= 0.3 is 0 Å². The zero-order valence-electron chi connectivity index (χ0n) is 14.6. The van der Waals surface area contributed by atoms with Crippen molar-refractivity contribution in [2.75, 3.05) is 27.2 Å². The van der Waals surface area contributed by atoms with E-state index in [0.29, 0.717) is 18.4 Å². The van der Waals surface area contributed by atoms with Gasteiger partial charge in [-0.25, -0.2) is 0 Å². The Balaban J connectivity index is 2.27. The summed E-state index contributed by atoms with van der Waals surface area (Å²) in [6.07, 6.45) is 1.65. The van der Waals surface area contributed by atoms with Crippen LogP contribution in [0.4, 0.5) is 0 Å². The molecule has 0 saturated heterocycles. The van der Waals surface area contributed by atoms with Crippen molar-refractivity contribution in [1.82, 2.24) is 20.8 Å². The molecule has 0 radical (unpaired) electrons. The van der Waals surface area contributed by atoms with Crippen molar-refractivity contribution >= 4 is 5.96 Å². The van der Waals surface area contributed by atoms with Gasteiger partial charge in [-0.05, 0) is 20.3 Å². The van der Waals surface area contributed by atoms with E-state index in [9.17, 15) is 0 Å².